The summed E-state index contributed by atoms with van der Waals surface area (Å²) in [7, 11) is 3.84. The molecule has 0 bridgehead atoms. The Morgan fingerprint density at radius 2 is 1.96 bits per heavy atom. The Morgan fingerprint density at radius 3 is 2.74 bits per heavy atom. The number of nitrogens with zero attached hydrogens (tertiary/aromatic N) is 5. The summed E-state index contributed by atoms with van der Waals surface area (Å²) in [6.45, 7) is 3.31. The second-order valence-corrected chi connectivity index (χ2v) is 6.35. The van der Waals surface area contributed by atoms with Gasteiger partial charge in [-0.2, -0.15) is 0 Å². The van der Waals surface area contributed by atoms with Crippen molar-refractivity contribution in [2.45, 2.75) is 19.9 Å². The highest BCUT2D eigenvalue weighted by Crippen LogP contribution is 2.25. The van der Waals surface area contributed by atoms with E-state index in [-0.39, 0.29) is 5.91 Å². The van der Waals surface area contributed by atoms with Gasteiger partial charge in [-0.3, -0.25) is 9.78 Å². The number of hydrogen-bond acceptors (Lipinski definition) is 5. The van der Waals surface area contributed by atoms with Gasteiger partial charge in [0.1, 0.15) is 11.5 Å². The monoisotopic (exact) mass is 364 g/mol. The molecular formula is C20H24N6O. The third-order valence-corrected chi connectivity index (χ3v) is 4.26. The molecule has 2 heterocycles. The minimum atomic E-state index is -0.106. The smallest absolute Gasteiger partial charge is 0.251 e. The fourth-order valence-corrected chi connectivity index (χ4v) is 2.92. The Balaban J connectivity index is 1.71. The molecule has 27 heavy (non-hydrogen) atoms. The lowest BCUT2D eigenvalue weighted by molar-refractivity contribution is 0.0952. The van der Waals surface area contributed by atoms with Crippen molar-refractivity contribution in [3.63, 3.8) is 0 Å². The van der Waals surface area contributed by atoms with Gasteiger partial charge < -0.3 is 14.8 Å². The second-order valence-electron chi connectivity index (χ2n) is 6.35. The highest BCUT2D eigenvalue weighted by atomic mass is 16.1. The molecular weight excluding hydrogens is 340 g/mol. The fourth-order valence-electron chi connectivity index (χ4n) is 2.92. The SMILES string of the molecule is CCc1nccn1CCNC(=O)c1cccc(-c2nccnc2N(C)C)c1. The molecule has 2 aromatic heterocycles. The molecule has 3 aromatic rings. The van der Waals surface area contributed by atoms with Crippen molar-refractivity contribution < 1.29 is 4.79 Å². The highest BCUT2D eigenvalue weighted by molar-refractivity contribution is 5.95. The van der Waals surface area contributed by atoms with Crippen molar-refractivity contribution in [1.82, 2.24) is 24.8 Å². The van der Waals surface area contributed by atoms with Crippen molar-refractivity contribution in [2.75, 3.05) is 25.5 Å². The van der Waals surface area contributed by atoms with Gasteiger partial charge >= 0.3 is 0 Å². The average Bonchev–Trinajstić information content (AvgIpc) is 3.15. The molecule has 1 amide bonds. The fraction of sp³-hybridized carbons (Fsp3) is 0.300. The molecule has 0 saturated carbocycles. The Bertz CT molecular complexity index is 918. The topological polar surface area (TPSA) is 75.9 Å². The van der Waals surface area contributed by atoms with Crippen LogP contribution >= 0.6 is 0 Å². The predicted octanol–water partition coefficient (Wildman–Crippen LogP) is 2.40. The Labute approximate surface area is 159 Å². The summed E-state index contributed by atoms with van der Waals surface area (Å²) in [5, 5.41) is 2.97. The van der Waals surface area contributed by atoms with E-state index in [1.54, 1.807) is 24.7 Å². The third kappa shape index (κ3) is 4.31. The molecule has 0 aliphatic heterocycles. The zero-order chi connectivity index (χ0) is 19.2. The molecule has 0 unspecified atom stereocenters. The molecule has 1 aromatic carbocycles. The normalized spacial score (nSPS) is 10.6. The van der Waals surface area contributed by atoms with Gasteiger partial charge in [0.2, 0.25) is 0 Å². The number of benzene rings is 1. The summed E-state index contributed by atoms with van der Waals surface area (Å²) >= 11 is 0. The summed E-state index contributed by atoms with van der Waals surface area (Å²) < 4.78 is 2.06. The van der Waals surface area contributed by atoms with Crippen molar-refractivity contribution in [3.05, 3.63) is 60.4 Å². The van der Waals surface area contributed by atoms with E-state index in [0.29, 0.717) is 18.7 Å². The number of amides is 1. The van der Waals surface area contributed by atoms with Crippen LogP contribution in [0, 0.1) is 0 Å². The first-order valence-electron chi connectivity index (χ1n) is 8.97. The van der Waals surface area contributed by atoms with E-state index in [4.69, 9.17) is 0 Å². The summed E-state index contributed by atoms with van der Waals surface area (Å²) in [6, 6.07) is 7.45. The minimum Gasteiger partial charge on any atom is -0.361 e. The van der Waals surface area contributed by atoms with E-state index in [1.165, 1.54) is 0 Å². The number of hydrogen-bond donors (Lipinski definition) is 1. The maximum absolute atomic E-state index is 12.5. The lowest BCUT2D eigenvalue weighted by Crippen LogP contribution is -2.27. The molecule has 0 aliphatic rings. The van der Waals surface area contributed by atoms with Crippen molar-refractivity contribution in [3.8, 4) is 11.3 Å². The quantitative estimate of drug-likeness (QED) is 0.697. The van der Waals surface area contributed by atoms with E-state index in [2.05, 4.69) is 31.8 Å². The van der Waals surface area contributed by atoms with Gasteiger partial charge in [-0.15, -0.1) is 0 Å². The van der Waals surface area contributed by atoms with Crippen molar-refractivity contribution in [2.24, 2.45) is 0 Å². The molecule has 0 radical (unpaired) electrons. The first kappa shape index (κ1) is 18.6. The van der Waals surface area contributed by atoms with Gasteiger partial charge in [0.25, 0.3) is 5.91 Å². The maximum atomic E-state index is 12.5. The van der Waals surface area contributed by atoms with Crippen LogP contribution in [0.4, 0.5) is 5.82 Å². The molecule has 0 fully saturated rings. The lowest BCUT2D eigenvalue weighted by Gasteiger charge is -2.15. The van der Waals surface area contributed by atoms with Crippen LogP contribution in [-0.4, -0.2) is 46.1 Å². The van der Waals surface area contributed by atoms with Gasteiger partial charge in [-0.05, 0) is 12.1 Å². The zero-order valence-corrected chi connectivity index (χ0v) is 15.9. The predicted molar refractivity (Wildman–Crippen MR) is 106 cm³/mol. The Hall–Kier alpha value is -3.22. The molecule has 1 N–H and O–H groups in total. The van der Waals surface area contributed by atoms with E-state index in [9.17, 15) is 4.79 Å². The van der Waals surface area contributed by atoms with Crippen LogP contribution in [0.15, 0.2) is 49.1 Å². The molecule has 0 saturated heterocycles. The van der Waals surface area contributed by atoms with Crippen LogP contribution in [0.1, 0.15) is 23.1 Å². The van der Waals surface area contributed by atoms with Crippen LogP contribution < -0.4 is 10.2 Å². The molecule has 0 spiro atoms. The maximum Gasteiger partial charge on any atom is 0.251 e. The van der Waals surface area contributed by atoms with Crippen LogP contribution in [0.2, 0.25) is 0 Å². The lowest BCUT2D eigenvalue weighted by atomic mass is 10.1. The molecule has 3 rings (SSSR count). The van der Waals surface area contributed by atoms with Gasteiger partial charge in [-0.25, -0.2) is 9.97 Å². The molecule has 0 aliphatic carbocycles. The zero-order valence-electron chi connectivity index (χ0n) is 15.9. The molecule has 7 nitrogen and oxygen atoms in total. The van der Waals surface area contributed by atoms with Gasteiger partial charge in [0, 0.05) is 69.5 Å². The van der Waals surface area contributed by atoms with Gasteiger partial charge in [0.05, 0.1) is 0 Å². The second kappa shape index (κ2) is 8.44. The van der Waals surface area contributed by atoms with Crippen LogP contribution in [0.25, 0.3) is 11.3 Å². The minimum absolute atomic E-state index is 0.106. The average molecular weight is 364 g/mol. The number of carbonyl (C=O) groups is 1. The first-order valence-corrected chi connectivity index (χ1v) is 8.97. The number of aryl methyl sites for hydroxylation is 1. The van der Waals surface area contributed by atoms with Crippen LogP contribution in [0.3, 0.4) is 0 Å². The molecule has 0 atom stereocenters. The summed E-state index contributed by atoms with van der Waals surface area (Å²) in [5.74, 6) is 1.68. The summed E-state index contributed by atoms with van der Waals surface area (Å²) in [4.78, 5) is 27.6. The summed E-state index contributed by atoms with van der Waals surface area (Å²) in [6.07, 6.45) is 7.91. The van der Waals surface area contributed by atoms with Crippen molar-refractivity contribution in [1.29, 1.82) is 0 Å². The number of aromatic nitrogens is 4. The Kier molecular flexibility index (Phi) is 5.80. The van der Waals surface area contributed by atoms with E-state index in [1.807, 2.05) is 43.4 Å². The van der Waals surface area contributed by atoms with E-state index >= 15 is 0 Å². The third-order valence-electron chi connectivity index (χ3n) is 4.26. The van der Waals surface area contributed by atoms with Crippen LogP contribution in [-0.2, 0) is 13.0 Å². The summed E-state index contributed by atoms with van der Waals surface area (Å²) in [5.41, 5.74) is 2.22. The molecule has 140 valence electrons. The highest BCUT2D eigenvalue weighted by Gasteiger charge is 2.12. The molecule has 7 heteroatoms. The van der Waals surface area contributed by atoms with Gasteiger partial charge in [0.15, 0.2) is 5.82 Å². The van der Waals surface area contributed by atoms with E-state index < -0.39 is 0 Å². The number of carbonyl (C=O) groups excluding carboxylic acids is 1. The number of imidazole rings is 1. The standard InChI is InChI=1S/C20H24N6O/c1-4-17-21-10-12-26(17)13-11-24-20(27)16-7-5-6-15(14-16)18-19(25(2)3)23-9-8-22-18/h5-10,12,14H,4,11,13H2,1-3H3,(H,24,27). The van der Waals surface area contributed by atoms with Crippen LogP contribution in [0.5, 0.6) is 0 Å². The largest absolute Gasteiger partial charge is 0.361 e. The van der Waals surface area contributed by atoms with Gasteiger partial charge in [-0.1, -0.05) is 19.1 Å². The number of rotatable bonds is 7. The van der Waals surface area contributed by atoms with Crippen molar-refractivity contribution >= 4 is 11.7 Å². The number of nitrogens with one attached hydrogen (secondary N) is 1. The Morgan fingerprint density at radius 1 is 1.15 bits per heavy atom. The van der Waals surface area contributed by atoms with E-state index in [0.717, 1.165) is 29.3 Å². The first-order chi connectivity index (χ1) is 13.1. The number of anilines is 1.